The van der Waals surface area contributed by atoms with Crippen molar-refractivity contribution in [2.24, 2.45) is 0 Å². The standard InChI is InChI=1S/C4H8O5S/c1-3(2-4(5)6)9-10(7)8/h3H,2H2,1H3,(H,5,6)(H,7,8)/t3-/m0/s1. The van der Waals surface area contributed by atoms with Crippen LogP contribution in [0.25, 0.3) is 0 Å². The van der Waals surface area contributed by atoms with Crippen LogP contribution in [0.3, 0.4) is 0 Å². The van der Waals surface area contributed by atoms with Gasteiger partial charge in [-0.1, -0.05) is 0 Å². The molecule has 0 amide bonds. The molecule has 10 heavy (non-hydrogen) atoms. The highest BCUT2D eigenvalue weighted by Crippen LogP contribution is 1.97. The highest BCUT2D eigenvalue weighted by Gasteiger charge is 2.09. The number of carboxylic acid groups (broad SMARTS) is 1. The Labute approximate surface area is 60.5 Å². The highest BCUT2D eigenvalue weighted by atomic mass is 32.2. The summed E-state index contributed by atoms with van der Waals surface area (Å²) in [5.41, 5.74) is 0. The van der Waals surface area contributed by atoms with Crippen molar-refractivity contribution in [2.75, 3.05) is 0 Å². The zero-order valence-corrected chi connectivity index (χ0v) is 6.13. The zero-order chi connectivity index (χ0) is 8.15. The molecular formula is C4H8O5S. The van der Waals surface area contributed by atoms with Crippen molar-refractivity contribution in [2.45, 2.75) is 19.4 Å². The van der Waals surface area contributed by atoms with Crippen molar-refractivity contribution in [3.8, 4) is 0 Å². The Bertz CT molecular complexity index is 129. The SMILES string of the molecule is C[C@@H](CC(=O)O)OS(=O)O. The minimum atomic E-state index is -2.38. The maximum atomic E-state index is 9.93. The van der Waals surface area contributed by atoms with Crippen molar-refractivity contribution in [1.82, 2.24) is 0 Å². The summed E-state index contributed by atoms with van der Waals surface area (Å²) in [5, 5.41) is 8.14. The topological polar surface area (TPSA) is 83.8 Å². The van der Waals surface area contributed by atoms with Gasteiger partial charge in [0, 0.05) is 0 Å². The van der Waals surface area contributed by atoms with Crippen LogP contribution in [-0.4, -0.2) is 25.9 Å². The third-order valence-electron chi connectivity index (χ3n) is 0.709. The maximum absolute atomic E-state index is 9.93. The summed E-state index contributed by atoms with van der Waals surface area (Å²) in [7, 11) is 0. The summed E-state index contributed by atoms with van der Waals surface area (Å²) in [4.78, 5) is 9.93. The summed E-state index contributed by atoms with van der Waals surface area (Å²) < 4.78 is 22.2. The quantitative estimate of drug-likeness (QED) is 0.577. The average molecular weight is 168 g/mol. The zero-order valence-electron chi connectivity index (χ0n) is 5.31. The fraction of sp³-hybridized carbons (Fsp3) is 0.750. The molecular weight excluding hydrogens is 160 g/mol. The fourth-order valence-corrected chi connectivity index (χ4v) is 0.770. The van der Waals surface area contributed by atoms with E-state index in [4.69, 9.17) is 9.66 Å². The molecule has 0 aliphatic rings. The lowest BCUT2D eigenvalue weighted by Crippen LogP contribution is -2.14. The van der Waals surface area contributed by atoms with Gasteiger partial charge in [-0.05, 0) is 6.92 Å². The fourth-order valence-electron chi connectivity index (χ4n) is 0.420. The van der Waals surface area contributed by atoms with Crippen LogP contribution >= 0.6 is 0 Å². The van der Waals surface area contributed by atoms with Gasteiger partial charge in [0.15, 0.2) is 0 Å². The molecule has 0 aliphatic carbocycles. The van der Waals surface area contributed by atoms with Gasteiger partial charge in [-0.15, -0.1) is 0 Å². The Balaban J connectivity index is 3.53. The van der Waals surface area contributed by atoms with Gasteiger partial charge in [0.1, 0.15) is 0 Å². The van der Waals surface area contributed by atoms with Crippen LogP contribution in [0.4, 0.5) is 0 Å². The van der Waals surface area contributed by atoms with E-state index in [0.29, 0.717) is 0 Å². The largest absolute Gasteiger partial charge is 0.481 e. The molecule has 0 aliphatic heterocycles. The molecule has 0 fully saturated rings. The van der Waals surface area contributed by atoms with E-state index in [1.165, 1.54) is 6.92 Å². The van der Waals surface area contributed by atoms with E-state index in [2.05, 4.69) is 4.18 Å². The lowest BCUT2D eigenvalue weighted by molar-refractivity contribution is -0.138. The number of carboxylic acids is 1. The van der Waals surface area contributed by atoms with Crippen molar-refractivity contribution < 1.29 is 22.8 Å². The molecule has 0 rings (SSSR count). The molecule has 0 radical (unpaired) electrons. The molecule has 0 saturated heterocycles. The summed E-state index contributed by atoms with van der Waals surface area (Å²) in [6, 6.07) is 0. The van der Waals surface area contributed by atoms with Gasteiger partial charge >= 0.3 is 17.3 Å². The van der Waals surface area contributed by atoms with Gasteiger partial charge in [0.25, 0.3) is 0 Å². The van der Waals surface area contributed by atoms with E-state index < -0.39 is 23.4 Å². The van der Waals surface area contributed by atoms with Crippen LogP contribution in [-0.2, 0) is 20.3 Å². The van der Waals surface area contributed by atoms with Crippen molar-refractivity contribution in [3.63, 3.8) is 0 Å². The maximum Gasteiger partial charge on any atom is 0.306 e. The molecule has 5 nitrogen and oxygen atoms in total. The van der Waals surface area contributed by atoms with Crippen LogP contribution in [0.2, 0.25) is 0 Å². The number of carbonyl (C=O) groups is 1. The van der Waals surface area contributed by atoms with Crippen LogP contribution in [0.15, 0.2) is 0 Å². The molecule has 0 aromatic carbocycles. The molecule has 2 N–H and O–H groups in total. The van der Waals surface area contributed by atoms with E-state index in [-0.39, 0.29) is 6.42 Å². The molecule has 0 bridgehead atoms. The lowest BCUT2D eigenvalue weighted by Gasteiger charge is -2.03. The molecule has 0 saturated carbocycles. The molecule has 0 heterocycles. The Morgan fingerprint density at radius 1 is 1.80 bits per heavy atom. The van der Waals surface area contributed by atoms with Gasteiger partial charge < -0.3 is 5.11 Å². The van der Waals surface area contributed by atoms with Crippen LogP contribution in [0, 0.1) is 0 Å². The second kappa shape index (κ2) is 4.37. The normalized spacial score (nSPS) is 16.2. The van der Waals surface area contributed by atoms with Gasteiger partial charge in [0.05, 0.1) is 12.5 Å². The number of rotatable bonds is 4. The first-order chi connectivity index (χ1) is 4.52. The van der Waals surface area contributed by atoms with Gasteiger partial charge in [-0.3, -0.25) is 13.5 Å². The highest BCUT2D eigenvalue weighted by molar-refractivity contribution is 7.74. The van der Waals surface area contributed by atoms with Crippen molar-refractivity contribution in [3.05, 3.63) is 0 Å². The summed E-state index contributed by atoms with van der Waals surface area (Å²) in [5.74, 6) is -1.06. The van der Waals surface area contributed by atoms with Crippen LogP contribution in [0.5, 0.6) is 0 Å². The predicted octanol–water partition coefficient (Wildman–Crippen LogP) is 0.00290. The van der Waals surface area contributed by atoms with E-state index >= 15 is 0 Å². The Morgan fingerprint density at radius 3 is 2.60 bits per heavy atom. The number of aliphatic carboxylic acids is 1. The van der Waals surface area contributed by atoms with E-state index in [0.717, 1.165) is 0 Å². The molecule has 60 valence electrons. The molecule has 0 aromatic heterocycles. The van der Waals surface area contributed by atoms with Crippen molar-refractivity contribution in [1.29, 1.82) is 0 Å². The number of hydrogen-bond acceptors (Lipinski definition) is 3. The molecule has 0 spiro atoms. The van der Waals surface area contributed by atoms with Crippen molar-refractivity contribution >= 4 is 17.3 Å². The Kier molecular flexibility index (Phi) is 4.17. The first kappa shape index (κ1) is 9.54. The van der Waals surface area contributed by atoms with Gasteiger partial charge in [0.2, 0.25) is 0 Å². The van der Waals surface area contributed by atoms with Gasteiger partial charge in [-0.25, -0.2) is 0 Å². The first-order valence-electron chi connectivity index (χ1n) is 2.52. The molecule has 0 aromatic rings. The second-order valence-corrected chi connectivity index (χ2v) is 2.35. The third-order valence-corrected chi connectivity index (χ3v) is 1.20. The second-order valence-electron chi connectivity index (χ2n) is 1.72. The molecule has 2 atom stereocenters. The van der Waals surface area contributed by atoms with Crippen LogP contribution < -0.4 is 0 Å². The molecule has 1 unspecified atom stereocenters. The molecule has 6 heteroatoms. The Hall–Kier alpha value is -0.460. The summed E-state index contributed by atoms with van der Waals surface area (Å²) >= 11 is -2.38. The van der Waals surface area contributed by atoms with E-state index in [1.54, 1.807) is 0 Å². The Morgan fingerprint density at radius 2 is 2.30 bits per heavy atom. The summed E-state index contributed by atoms with van der Waals surface area (Å²) in [6.07, 6.45) is -1.00. The summed E-state index contributed by atoms with van der Waals surface area (Å²) in [6.45, 7) is 1.40. The lowest BCUT2D eigenvalue weighted by atomic mass is 10.3. The van der Waals surface area contributed by atoms with Crippen LogP contribution in [0.1, 0.15) is 13.3 Å². The minimum Gasteiger partial charge on any atom is -0.481 e. The third kappa shape index (κ3) is 5.67. The first-order valence-corrected chi connectivity index (χ1v) is 3.55. The average Bonchev–Trinajstić information content (AvgIpc) is 1.58. The number of hydrogen-bond donors (Lipinski definition) is 2. The van der Waals surface area contributed by atoms with E-state index in [1.807, 2.05) is 0 Å². The van der Waals surface area contributed by atoms with Gasteiger partial charge in [-0.2, -0.15) is 4.21 Å². The predicted molar refractivity (Wildman–Crippen MR) is 33.6 cm³/mol. The van der Waals surface area contributed by atoms with E-state index in [9.17, 15) is 9.00 Å². The smallest absolute Gasteiger partial charge is 0.306 e. The monoisotopic (exact) mass is 168 g/mol. The minimum absolute atomic E-state index is 0.272.